The van der Waals surface area contributed by atoms with Crippen LogP contribution in [0.25, 0.3) is 0 Å². The number of carbonyl (C=O) groups is 1. The van der Waals surface area contributed by atoms with Gasteiger partial charge in [0.2, 0.25) is 5.91 Å². The van der Waals surface area contributed by atoms with Crippen LogP contribution >= 0.6 is 0 Å². The number of terminal acetylenes is 1. The Morgan fingerprint density at radius 2 is 2.58 bits per heavy atom. The second-order valence-corrected chi connectivity index (χ2v) is 2.95. The number of amides is 1. The molecule has 0 aromatic heterocycles. The molecule has 1 atom stereocenters. The molecule has 0 fully saturated rings. The molecule has 0 bridgehead atoms. The van der Waals surface area contributed by atoms with Gasteiger partial charge in [0, 0.05) is 6.42 Å². The van der Waals surface area contributed by atoms with E-state index in [1.165, 1.54) is 0 Å². The fourth-order valence-electron chi connectivity index (χ4n) is 1.33. The van der Waals surface area contributed by atoms with Gasteiger partial charge in [-0.1, -0.05) is 18.1 Å². The zero-order valence-electron chi connectivity index (χ0n) is 7.05. The lowest BCUT2D eigenvalue weighted by atomic mass is 10.1. The first-order valence-electron chi connectivity index (χ1n) is 4.19. The van der Waals surface area contributed by atoms with Crippen LogP contribution in [0.1, 0.15) is 19.3 Å². The lowest BCUT2D eigenvalue weighted by Gasteiger charge is -2.05. The van der Waals surface area contributed by atoms with E-state index in [1.807, 2.05) is 0 Å². The Balaban J connectivity index is 2.18. The van der Waals surface area contributed by atoms with Crippen LogP contribution in [0.4, 0.5) is 0 Å². The smallest absolute Gasteiger partial charge is 0.221 e. The van der Waals surface area contributed by atoms with Crippen molar-refractivity contribution < 1.29 is 4.79 Å². The van der Waals surface area contributed by atoms with Gasteiger partial charge in [-0.2, -0.15) is 0 Å². The summed E-state index contributed by atoms with van der Waals surface area (Å²) in [7, 11) is 0. The van der Waals surface area contributed by atoms with E-state index in [0.29, 0.717) is 18.9 Å². The van der Waals surface area contributed by atoms with Crippen LogP contribution < -0.4 is 5.32 Å². The van der Waals surface area contributed by atoms with E-state index in [9.17, 15) is 4.79 Å². The summed E-state index contributed by atoms with van der Waals surface area (Å²) in [6, 6.07) is 0. The maximum absolute atomic E-state index is 11.1. The predicted octanol–water partition coefficient (Wildman–Crippen LogP) is 1.09. The highest BCUT2D eigenvalue weighted by Crippen LogP contribution is 2.19. The van der Waals surface area contributed by atoms with Crippen molar-refractivity contribution in [2.45, 2.75) is 19.3 Å². The summed E-state index contributed by atoms with van der Waals surface area (Å²) < 4.78 is 0. The second kappa shape index (κ2) is 4.61. The van der Waals surface area contributed by atoms with Gasteiger partial charge in [0.1, 0.15) is 0 Å². The molecule has 1 aliphatic rings. The normalized spacial score (nSPS) is 20.4. The zero-order valence-corrected chi connectivity index (χ0v) is 7.05. The standard InChI is InChI=1S/C10H13NO/c1-2-7-11-10(12)8-9-5-3-4-6-9/h1,3,5,9H,4,6-8H2,(H,11,12). The van der Waals surface area contributed by atoms with E-state index in [1.54, 1.807) is 0 Å². The van der Waals surface area contributed by atoms with Crippen molar-refractivity contribution in [3.63, 3.8) is 0 Å². The maximum atomic E-state index is 11.1. The Morgan fingerprint density at radius 3 is 3.17 bits per heavy atom. The topological polar surface area (TPSA) is 29.1 Å². The van der Waals surface area contributed by atoms with Crippen molar-refractivity contribution in [3.05, 3.63) is 12.2 Å². The summed E-state index contributed by atoms with van der Waals surface area (Å²) in [4.78, 5) is 11.1. The first kappa shape index (κ1) is 8.86. The van der Waals surface area contributed by atoms with Gasteiger partial charge in [0.05, 0.1) is 6.54 Å². The molecular weight excluding hydrogens is 150 g/mol. The van der Waals surface area contributed by atoms with Gasteiger partial charge < -0.3 is 5.32 Å². The molecule has 1 aliphatic carbocycles. The molecule has 64 valence electrons. The quantitative estimate of drug-likeness (QED) is 0.490. The van der Waals surface area contributed by atoms with Crippen molar-refractivity contribution in [3.8, 4) is 12.3 Å². The molecule has 1 unspecified atom stereocenters. The Labute approximate surface area is 73.0 Å². The average Bonchev–Trinajstić information content (AvgIpc) is 2.53. The fraction of sp³-hybridized carbons (Fsp3) is 0.500. The minimum absolute atomic E-state index is 0.0597. The van der Waals surface area contributed by atoms with Crippen LogP contribution in [-0.2, 0) is 4.79 Å². The molecule has 0 aromatic carbocycles. The van der Waals surface area contributed by atoms with Gasteiger partial charge in [-0.15, -0.1) is 6.42 Å². The second-order valence-electron chi connectivity index (χ2n) is 2.95. The lowest BCUT2D eigenvalue weighted by molar-refractivity contribution is -0.121. The van der Waals surface area contributed by atoms with Crippen molar-refractivity contribution in [2.75, 3.05) is 6.54 Å². The zero-order chi connectivity index (χ0) is 8.81. The first-order valence-corrected chi connectivity index (χ1v) is 4.19. The minimum Gasteiger partial charge on any atom is -0.345 e. The Kier molecular flexibility index (Phi) is 3.40. The fourth-order valence-corrected chi connectivity index (χ4v) is 1.33. The number of hydrogen-bond acceptors (Lipinski definition) is 1. The number of hydrogen-bond donors (Lipinski definition) is 1. The first-order chi connectivity index (χ1) is 5.83. The van der Waals surface area contributed by atoms with E-state index < -0.39 is 0 Å². The number of carbonyl (C=O) groups excluding carboxylic acids is 1. The van der Waals surface area contributed by atoms with Gasteiger partial charge in [-0.25, -0.2) is 0 Å². The molecule has 0 spiro atoms. The average molecular weight is 163 g/mol. The van der Waals surface area contributed by atoms with Gasteiger partial charge in [0.15, 0.2) is 0 Å². The van der Waals surface area contributed by atoms with Crippen LogP contribution in [0, 0.1) is 18.3 Å². The molecule has 12 heavy (non-hydrogen) atoms. The van der Waals surface area contributed by atoms with E-state index in [4.69, 9.17) is 6.42 Å². The van der Waals surface area contributed by atoms with Gasteiger partial charge in [-0.3, -0.25) is 4.79 Å². The van der Waals surface area contributed by atoms with Gasteiger partial charge in [-0.05, 0) is 18.8 Å². The molecule has 0 saturated carbocycles. The van der Waals surface area contributed by atoms with Crippen molar-refractivity contribution in [2.24, 2.45) is 5.92 Å². The third-order valence-electron chi connectivity index (χ3n) is 1.95. The summed E-state index contributed by atoms with van der Waals surface area (Å²) in [5.41, 5.74) is 0. The van der Waals surface area contributed by atoms with Crippen molar-refractivity contribution in [1.29, 1.82) is 0 Å². The highest BCUT2D eigenvalue weighted by atomic mass is 16.1. The Hall–Kier alpha value is -1.23. The van der Waals surface area contributed by atoms with Crippen LogP contribution in [0.3, 0.4) is 0 Å². The van der Waals surface area contributed by atoms with Gasteiger partial charge >= 0.3 is 0 Å². The molecule has 0 radical (unpaired) electrons. The molecule has 0 heterocycles. The minimum atomic E-state index is 0.0597. The third-order valence-corrected chi connectivity index (χ3v) is 1.95. The third kappa shape index (κ3) is 2.79. The molecule has 0 saturated heterocycles. The number of rotatable bonds is 3. The molecule has 0 aromatic rings. The summed E-state index contributed by atoms with van der Waals surface area (Å²) in [5.74, 6) is 2.87. The van der Waals surface area contributed by atoms with Gasteiger partial charge in [0.25, 0.3) is 0 Å². The lowest BCUT2D eigenvalue weighted by Crippen LogP contribution is -2.24. The SMILES string of the molecule is C#CCNC(=O)CC1C=CCC1. The largest absolute Gasteiger partial charge is 0.345 e. The molecule has 1 N–H and O–H groups in total. The maximum Gasteiger partial charge on any atom is 0.221 e. The summed E-state index contributed by atoms with van der Waals surface area (Å²) in [6.07, 6.45) is 12.0. The summed E-state index contributed by atoms with van der Waals surface area (Å²) in [5, 5.41) is 2.65. The number of nitrogens with one attached hydrogen (secondary N) is 1. The number of allylic oxidation sites excluding steroid dienone is 2. The van der Waals surface area contributed by atoms with Crippen LogP contribution in [0.2, 0.25) is 0 Å². The summed E-state index contributed by atoms with van der Waals surface area (Å²) >= 11 is 0. The molecule has 1 rings (SSSR count). The van der Waals surface area contributed by atoms with E-state index in [2.05, 4.69) is 23.4 Å². The van der Waals surface area contributed by atoms with Crippen molar-refractivity contribution >= 4 is 5.91 Å². The van der Waals surface area contributed by atoms with Crippen LogP contribution in [-0.4, -0.2) is 12.5 Å². The highest BCUT2D eigenvalue weighted by molar-refractivity contribution is 5.76. The monoisotopic (exact) mass is 163 g/mol. The van der Waals surface area contributed by atoms with Crippen LogP contribution in [0.15, 0.2) is 12.2 Å². The predicted molar refractivity (Wildman–Crippen MR) is 48.3 cm³/mol. The molecule has 0 aliphatic heterocycles. The molecule has 1 amide bonds. The summed E-state index contributed by atoms with van der Waals surface area (Å²) in [6.45, 7) is 0.343. The van der Waals surface area contributed by atoms with E-state index in [-0.39, 0.29) is 5.91 Å². The highest BCUT2D eigenvalue weighted by Gasteiger charge is 2.12. The van der Waals surface area contributed by atoms with E-state index >= 15 is 0 Å². The molecule has 2 nitrogen and oxygen atoms in total. The Bertz CT molecular complexity index is 224. The van der Waals surface area contributed by atoms with Crippen molar-refractivity contribution in [1.82, 2.24) is 5.32 Å². The Morgan fingerprint density at radius 1 is 1.75 bits per heavy atom. The molecule has 2 heteroatoms. The molecular formula is C10H13NO. The van der Waals surface area contributed by atoms with Crippen LogP contribution in [0.5, 0.6) is 0 Å². The van der Waals surface area contributed by atoms with E-state index in [0.717, 1.165) is 12.8 Å².